The topological polar surface area (TPSA) is 75.4 Å². The van der Waals surface area contributed by atoms with Crippen molar-refractivity contribution in [3.63, 3.8) is 0 Å². The first kappa shape index (κ1) is 51.2. The summed E-state index contributed by atoms with van der Waals surface area (Å²) >= 11 is 0. The molecular formula is C47H72BN12P. The summed E-state index contributed by atoms with van der Waals surface area (Å²) in [6.45, 7) is 2.08. The zero-order valence-corrected chi connectivity index (χ0v) is 40.9. The molecule has 0 aromatic heterocycles. The largest absolute Gasteiger partial charge is 0.415 e. The van der Waals surface area contributed by atoms with E-state index in [4.69, 9.17) is 6.42 Å². The summed E-state index contributed by atoms with van der Waals surface area (Å²) in [6.07, 6.45) is 4.71. The van der Waals surface area contributed by atoms with Gasteiger partial charge in [0.2, 0.25) is 23.8 Å². The number of benzene rings is 4. The molecule has 0 amide bonds. The highest BCUT2D eigenvalue weighted by molar-refractivity contribution is 7.69. The van der Waals surface area contributed by atoms with Crippen LogP contribution in [-0.2, 0) is 0 Å². The Morgan fingerprint density at radius 3 is 0.770 bits per heavy atom. The summed E-state index contributed by atoms with van der Waals surface area (Å²) in [6, 6.07) is 41.4. The van der Waals surface area contributed by atoms with Gasteiger partial charge in [-0.1, -0.05) is 127 Å². The van der Waals surface area contributed by atoms with Gasteiger partial charge in [-0.2, -0.15) is 41.5 Å². The van der Waals surface area contributed by atoms with Crippen molar-refractivity contribution < 1.29 is 0 Å². The minimum Gasteiger partial charge on any atom is -0.346 e. The molecule has 4 rings (SSSR count). The molecule has 0 saturated carbocycles. The molecule has 12 nitrogen and oxygen atoms in total. The fraction of sp³-hybridized carbons (Fsp3) is 0.362. The van der Waals surface area contributed by atoms with Gasteiger partial charge in [0.25, 0.3) is 0 Å². The van der Waals surface area contributed by atoms with E-state index < -0.39 is 14.0 Å². The van der Waals surface area contributed by atoms with Crippen molar-refractivity contribution in [3.05, 3.63) is 127 Å². The first-order chi connectivity index (χ1) is 29.0. The average Bonchev–Trinajstić information content (AvgIpc) is 3.24. The second-order valence-electron chi connectivity index (χ2n) is 15.2. The standard InChI is InChI=1S/C20H16B.C20H48N12P.C7H8/c1-2-21(18-12-6-3-7-13-18,19-14-8-4-9-15-19)20-16-10-5-11-17-20;1-21-17(25(5)6)29(13)33(30(14)18(22-2)26(7)8,31(15)19(23-3)27(9)10)32(16)20(24-4)28(11)12;1-7-5-3-2-4-6-7/h1,3-17H;1-16H3;2-6H,1H3/q-1;+1;. The van der Waals surface area contributed by atoms with Gasteiger partial charge in [-0.15, -0.1) is 0 Å². The Hall–Kier alpha value is -5.99. The molecule has 0 aliphatic rings. The Morgan fingerprint density at radius 2 is 0.623 bits per heavy atom. The lowest BCUT2D eigenvalue weighted by Crippen LogP contribution is -2.66. The molecular weight excluding hydrogens is 774 g/mol. The number of hydrogen-bond acceptors (Lipinski definition) is 4. The van der Waals surface area contributed by atoms with Crippen LogP contribution in [0.2, 0.25) is 0 Å². The highest BCUT2D eigenvalue weighted by atomic mass is 31.2. The molecule has 0 atom stereocenters. The van der Waals surface area contributed by atoms with Crippen LogP contribution in [0.4, 0.5) is 0 Å². The quantitative estimate of drug-likeness (QED) is 0.0856. The van der Waals surface area contributed by atoms with E-state index in [1.807, 2.05) is 141 Å². The summed E-state index contributed by atoms with van der Waals surface area (Å²) in [5.74, 6) is 6.37. The van der Waals surface area contributed by atoms with Crippen LogP contribution < -0.4 is 16.4 Å². The normalized spacial score (nSPS) is 12.9. The molecule has 0 unspecified atom stereocenters. The van der Waals surface area contributed by atoms with Gasteiger partial charge in [0.15, 0.2) is 0 Å². The van der Waals surface area contributed by atoms with Gasteiger partial charge in [-0.05, 0) is 6.92 Å². The lowest BCUT2D eigenvalue weighted by Gasteiger charge is -2.50. The first-order valence-corrected chi connectivity index (χ1v) is 21.8. The number of guanidine groups is 4. The summed E-state index contributed by atoms with van der Waals surface area (Å²) in [7, 11) is 28.7. The van der Waals surface area contributed by atoms with Crippen molar-refractivity contribution in [1.29, 1.82) is 0 Å². The van der Waals surface area contributed by atoms with Gasteiger partial charge in [0, 0.05) is 84.6 Å². The second kappa shape index (κ2) is 24.3. The lowest BCUT2D eigenvalue weighted by molar-refractivity contribution is 0.409. The van der Waals surface area contributed by atoms with Crippen LogP contribution in [0.3, 0.4) is 0 Å². The van der Waals surface area contributed by atoms with Crippen LogP contribution in [0.1, 0.15) is 5.56 Å². The number of aryl methyl sites for hydroxylation is 1. The van der Waals surface area contributed by atoms with Gasteiger partial charge >= 0.3 is 7.87 Å². The number of terminal acetylenes is 1. The van der Waals surface area contributed by atoms with E-state index in [1.165, 1.54) is 22.0 Å². The molecule has 14 heteroatoms. The Bertz CT molecular complexity index is 1830. The monoisotopic (exact) mass is 847 g/mol. The molecule has 0 heterocycles. The Labute approximate surface area is 370 Å². The molecule has 4 aromatic carbocycles. The average molecular weight is 847 g/mol. The number of nitrogens with zero attached hydrogens (tertiary/aromatic N) is 12. The molecule has 4 aromatic rings. The highest BCUT2D eigenvalue weighted by Gasteiger charge is 2.63. The third kappa shape index (κ3) is 11.9. The number of aliphatic imine (C=N–C) groups is 4. The van der Waals surface area contributed by atoms with Crippen LogP contribution in [0, 0.1) is 19.2 Å². The smallest absolute Gasteiger partial charge is 0.346 e. The molecule has 0 bridgehead atoms. The molecule has 61 heavy (non-hydrogen) atoms. The van der Waals surface area contributed by atoms with E-state index in [2.05, 4.69) is 165 Å². The highest BCUT2D eigenvalue weighted by Crippen LogP contribution is 2.68. The lowest BCUT2D eigenvalue weighted by atomic mass is 9.16. The fourth-order valence-electron chi connectivity index (χ4n) is 7.85. The third-order valence-corrected chi connectivity index (χ3v) is 14.2. The summed E-state index contributed by atoms with van der Waals surface area (Å²) < 4.78 is 8.85. The Morgan fingerprint density at radius 1 is 0.410 bits per heavy atom. The zero-order chi connectivity index (χ0) is 45.9. The Balaban J connectivity index is 0.000000382. The Kier molecular flexibility index (Phi) is 20.4. The van der Waals surface area contributed by atoms with E-state index in [9.17, 15) is 0 Å². The van der Waals surface area contributed by atoms with Crippen LogP contribution in [-0.4, -0.2) is 181 Å². The van der Waals surface area contributed by atoms with E-state index in [0.29, 0.717) is 0 Å². The molecule has 0 saturated heterocycles. The van der Waals surface area contributed by atoms with Gasteiger partial charge in [-0.25, -0.2) is 0 Å². The second-order valence-corrected chi connectivity index (χ2v) is 18.7. The predicted molar refractivity (Wildman–Crippen MR) is 270 cm³/mol. The van der Waals surface area contributed by atoms with Crippen LogP contribution in [0.15, 0.2) is 141 Å². The van der Waals surface area contributed by atoms with E-state index >= 15 is 0 Å². The van der Waals surface area contributed by atoms with Crippen molar-refractivity contribution in [1.82, 2.24) is 38.3 Å². The van der Waals surface area contributed by atoms with Crippen LogP contribution in [0.5, 0.6) is 0 Å². The fourth-order valence-corrected chi connectivity index (χ4v) is 12.3. The van der Waals surface area contributed by atoms with E-state index in [-0.39, 0.29) is 0 Å². The maximum atomic E-state index is 6.08. The maximum absolute atomic E-state index is 6.08. The van der Waals surface area contributed by atoms with Crippen LogP contribution >= 0.6 is 7.87 Å². The van der Waals surface area contributed by atoms with Gasteiger partial charge in [-0.3, -0.25) is 20.0 Å². The van der Waals surface area contributed by atoms with E-state index in [0.717, 1.165) is 23.8 Å². The van der Waals surface area contributed by atoms with E-state index in [1.54, 1.807) is 0 Å². The maximum Gasteiger partial charge on any atom is 0.415 e. The van der Waals surface area contributed by atoms with Gasteiger partial charge in [0.1, 0.15) is 6.15 Å². The molecule has 0 aliphatic carbocycles. The van der Waals surface area contributed by atoms with Gasteiger partial charge < -0.3 is 25.4 Å². The minimum absolute atomic E-state index is 0.812. The number of hydrogen-bond donors (Lipinski definition) is 0. The molecule has 0 radical (unpaired) electrons. The SMILES string of the molecule is C#C[B-](c1ccccc1)(c1ccccc1)c1ccccc1.CN=C(N(C)C)N(C)[P+](N(C)C(=NC)N(C)C)(N(C)C(=NC)N(C)C)N(C)C(=NC)N(C)C.Cc1ccccc1. The minimum atomic E-state index is -2.72. The number of rotatable bonds is 7. The molecule has 0 fully saturated rings. The van der Waals surface area contributed by atoms with Crippen molar-refractivity contribution in [2.45, 2.75) is 6.92 Å². The molecule has 0 N–H and O–H groups in total. The molecule has 0 aliphatic heterocycles. The summed E-state index contributed by atoms with van der Waals surface area (Å²) in [5, 5.41) is 0. The van der Waals surface area contributed by atoms with Crippen molar-refractivity contribution >= 4 is 54.2 Å². The van der Waals surface area contributed by atoms with Crippen molar-refractivity contribution in [2.75, 3.05) is 113 Å². The summed E-state index contributed by atoms with van der Waals surface area (Å²) in [4.78, 5) is 26.6. The predicted octanol–water partition coefficient (Wildman–Crippen LogP) is 4.91. The zero-order valence-electron chi connectivity index (χ0n) is 40.0. The summed E-state index contributed by atoms with van der Waals surface area (Å²) in [5.41, 5.74) is 4.86. The van der Waals surface area contributed by atoms with Crippen LogP contribution in [0.25, 0.3) is 0 Å². The molecule has 328 valence electrons. The van der Waals surface area contributed by atoms with Crippen molar-refractivity contribution in [3.8, 4) is 12.2 Å². The first-order valence-electron chi connectivity index (χ1n) is 20.2. The van der Waals surface area contributed by atoms with Crippen molar-refractivity contribution in [2.24, 2.45) is 20.0 Å². The van der Waals surface area contributed by atoms with Gasteiger partial charge in [0.05, 0.1) is 28.2 Å². The molecule has 0 spiro atoms. The third-order valence-electron chi connectivity index (χ3n) is 10.3.